The zero-order chi connectivity index (χ0) is 17.9. The Kier molecular flexibility index (Phi) is 3.56. The minimum Gasteiger partial charge on any atom is -0.394 e. The van der Waals surface area contributed by atoms with Crippen LogP contribution in [0.1, 0.15) is 6.23 Å². The van der Waals surface area contributed by atoms with Crippen LogP contribution in [0.3, 0.4) is 0 Å². The van der Waals surface area contributed by atoms with E-state index in [4.69, 9.17) is 15.6 Å². The maximum absolute atomic E-state index is 13.4. The molecule has 2 aromatic rings. The van der Waals surface area contributed by atoms with Crippen molar-refractivity contribution in [2.75, 3.05) is 12.3 Å². The first-order valence-corrected chi connectivity index (χ1v) is 6.57. The largest absolute Gasteiger partial charge is 0.424 e. The third-order valence-electron chi connectivity index (χ3n) is 3.82. The molecule has 0 unspecified atom stereocenters. The van der Waals surface area contributed by atoms with Gasteiger partial charge in [0, 0.05) is 0 Å². The lowest BCUT2D eigenvalue weighted by Gasteiger charge is -2.33. The molecule has 1 fully saturated rings. The number of halogens is 3. The van der Waals surface area contributed by atoms with Crippen molar-refractivity contribution < 1.29 is 33.2 Å². The predicted octanol–water partition coefficient (Wildman–Crippen LogP) is -1.75. The topological polar surface area (TPSA) is 160 Å². The molecule has 24 heavy (non-hydrogen) atoms. The smallest absolute Gasteiger partial charge is 0.394 e. The van der Waals surface area contributed by atoms with Gasteiger partial charge in [0.15, 0.2) is 17.4 Å². The molecule has 1 saturated heterocycles. The molecular weight excluding hydrogens is 339 g/mol. The monoisotopic (exact) mass is 351 g/mol. The zero-order valence-electron chi connectivity index (χ0n) is 11.7. The second-order valence-corrected chi connectivity index (χ2v) is 5.25. The lowest BCUT2D eigenvalue weighted by molar-refractivity contribution is -0.303. The number of aliphatic hydroxyl groups is 3. The van der Waals surface area contributed by atoms with Gasteiger partial charge in [-0.1, -0.05) is 0 Å². The first-order chi connectivity index (χ1) is 11.1. The Bertz CT molecular complexity index is 836. The molecule has 6 N–H and O–H groups in total. The van der Waals surface area contributed by atoms with Gasteiger partial charge in [0.25, 0.3) is 5.56 Å². The molecule has 10 nitrogen and oxygen atoms in total. The molecule has 1 aliphatic heterocycles. The minimum atomic E-state index is -5.32. The Morgan fingerprint density at radius 3 is 2.75 bits per heavy atom. The van der Waals surface area contributed by atoms with Crippen LogP contribution in [0.15, 0.2) is 11.1 Å². The highest BCUT2D eigenvalue weighted by Crippen LogP contribution is 2.48. The van der Waals surface area contributed by atoms with Gasteiger partial charge >= 0.3 is 6.18 Å². The van der Waals surface area contributed by atoms with E-state index in [0.29, 0.717) is 4.57 Å². The fourth-order valence-corrected chi connectivity index (χ4v) is 2.62. The summed E-state index contributed by atoms with van der Waals surface area (Å²) in [5, 5.41) is 29.0. The molecule has 0 amide bonds. The molecule has 13 heteroatoms. The van der Waals surface area contributed by atoms with Gasteiger partial charge < -0.3 is 25.8 Å². The van der Waals surface area contributed by atoms with Crippen molar-refractivity contribution in [2.45, 2.75) is 30.2 Å². The van der Waals surface area contributed by atoms with Crippen LogP contribution in [0.2, 0.25) is 0 Å². The molecule has 3 heterocycles. The first-order valence-electron chi connectivity index (χ1n) is 6.57. The molecule has 4 atom stereocenters. The molecule has 0 aromatic carbocycles. The number of hydrogen-bond acceptors (Lipinski definition) is 8. The summed E-state index contributed by atoms with van der Waals surface area (Å²) < 4.78 is 45.8. The van der Waals surface area contributed by atoms with Crippen LogP contribution in [0.4, 0.5) is 19.1 Å². The number of fused-ring (bicyclic) bond motifs is 1. The Morgan fingerprint density at radius 1 is 1.50 bits per heavy atom. The number of rotatable bonds is 2. The number of H-pyrrole nitrogens is 1. The summed E-state index contributed by atoms with van der Waals surface area (Å²) in [5.41, 5.74) is 0.0903. The Labute approximate surface area is 130 Å². The number of aromatic nitrogens is 4. The van der Waals surface area contributed by atoms with Gasteiger partial charge in [-0.05, 0) is 0 Å². The van der Waals surface area contributed by atoms with Crippen molar-refractivity contribution in [3.8, 4) is 0 Å². The number of alkyl halides is 3. The normalized spacial score (nSPS) is 31.0. The van der Waals surface area contributed by atoms with Gasteiger partial charge in [-0.3, -0.25) is 14.3 Å². The number of nitrogens with two attached hydrogens (primary N) is 1. The molecule has 0 radical (unpaired) electrons. The van der Waals surface area contributed by atoms with Gasteiger partial charge in [0.2, 0.25) is 11.5 Å². The van der Waals surface area contributed by atoms with Crippen LogP contribution in [0, 0.1) is 0 Å². The quantitative estimate of drug-likeness (QED) is 0.426. The van der Waals surface area contributed by atoms with Gasteiger partial charge in [0.1, 0.15) is 12.2 Å². The van der Waals surface area contributed by atoms with Gasteiger partial charge in [-0.25, -0.2) is 4.98 Å². The Morgan fingerprint density at radius 2 is 2.17 bits per heavy atom. The number of imidazole rings is 1. The third-order valence-corrected chi connectivity index (χ3v) is 3.82. The number of nitrogens with one attached hydrogen (secondary N) is 1. The number of aliphatic hydroxyl groups excluding tert-OH is 2. The summed E-state index contributed by atoms with van der Waals surface area (Å²) in [7, 11) is 0. The molecule has 0 aliphatic carbocycles. The summed E-state index contributed by atoms with van der Waals surface area (Å²) in [6.07, 6.45) is -10.9. The summed E-state index contributed by atoms with van der Waals surface area (Å²) in [4.78, 5) is 21.1. The van der Waals surface area contributed by atoms with E-state index in [1.807, 2.05) is 0 Å². The lowest BCUT2D eigenvalue weighted by atomic mass is 9.93. The fraction of sp³-hybridized carbons (Fsp3) is 0.545. The van der Waals surface area contributed by atoms with Crippen LogP contribution < -0.4 is 11.3 Å². The molecule has 1 aliphatic rings. The van der Waals surface area contributed by atoms with Gasteiger partial charge in [-0.15, -0.1) is 0 Å². The predicted molar refractivity (Wildman–Crippen MR) is 70.6 cm³/mol. The first kappa shape index (κ1) is 16.6. The minimum absolute atomic E-state index is 0.334. The van der Waals surface area contributed by atoms with Crippen molar-refractivity contribution in [2.24, 2.45) is 0 Å². The summed E-state index contributed by atoms with van der Waals surface area (Å²) in [5.74, 6) is -0.387. The maximum Gasteiger partial charge on any atom is 0.424 e. The summed E-state index contributed by atoms with van der Waals surface area (Å²) in [6.45, 7) is -0.973. The molecule has 3 rings (SSSR count). The molecule has 0 saturated carbocycles. The van der Waals surface area contributed by atoms with Crippen molar-refractivity contribution in [1.29, 1.82) is 0 Å². The van der Waals surface area contributed by atoms with Crippen LogP contribution in [-0.2, 0) is 4.74 Å². The SMILES string of the molecule is Nc1nc2c(ncn2[C@@H]2O[C@H](CO)[C@@H](O)[C@@]2(O)C(F)(F)F)c(=O)[nH]1. The molecular formula is C11H12F3N5O5. The van der Waals surface area contributed by atoms with E-state index in [-0.39, 0.29) is 17.1 Å². The number of nitrogens with zero attached hydrogens (tertiary/aromatic N) is 3. The third kappa shape index (κ3) is 2.09. The number of ether oxygens (including phenoxy) is 1. The van der Waals surface area contributed by atoms with E-state index in [0.717, 1.165) is 6.33 Å². The van der Waals surface area contributed by atoms with E-state index in [2.05, 4.69) is 15.0 Å². The Hall–Kier alpha value is -2.22. The summed E-state index contributed by atoms with van der Waals surface area (Å²) >= 11 is 0. The van der Waals surface area contributed by atoms with Crippen molar-refractivity contribution in [3.05, 3.63) is 16.7 Å². The van der Waals surface area contributed by atoms with E-state index in [9.17, 15) is 28.2 Å². The lowest BCUT2D eigenvalue weighted by Crippen LogP contribution is -2.57. The number of anilines is 1. The van der Waals surface area contributed by atoms with Crippen LogP contribution in [0.5, 0.6) is 0 Å². The zero-order valence-corrected chi connectivity index (χ0v) is 11.7. The van der Waals surface area contributed by atoms with E-state index in [1.54, 1.807) is 0 Å². The van der Waals surface area contributed by atoms with E-state index in [1.165, 1.54) is 0 Å². The number of hydrogen-bond donors (Lipinski definition) is 5. The Balaban J connectivity index is 2.22. The maximum atomic E-state index is 13.4. The average molecular weight is 351 g/mol. The van der Waals surface area contributed by atoms with Crippen molar-refractivity contribution in [1.82, 2.24) is 19.5 Å². The van der Waals surface area contributed by atoms with Crippen LogP contribution >= 0.6 is 0 Å². The van der Waals surface area contributed by atoms with E-state index < -0.39 is 42.4 Å². The molecule has 0 bridgehead atoms. The molecule has 132 valence electrons. The standard InChI is InChI=1S/C11H12F3N5O5/c12-11(13,14)10(23)5(21)3(1-20)24-8(10)19-2-16-4-6(19)17-9(15)18-7(4)22/h2-3,5,8,20-21,23H,1H2,(H3,15,17,18,22)/t3-,5-,8-,10+/m1/s1. The van der Waals surface area contributed by atoms with Crippen molar-refractivity contribution >= 4 is 17.1 Å². The van der Waals surface area contributed by atoms with E-state index >= 15 is 0 Å². The fourth-order valence-electron chi connectivity index (χ4n) is 2.62. The van der Waals surface area contributed by atoms with Gasteiger partial charge in [-0.2, -0.15) is 18.2 Å². The highest BCUT2D eigenvalue weighted by atomic mass is 19.4. The van der Waals surface area contributed by atoms with Crippen LogP contribution in [-0.4, -0.2) is 65.4 Å². The van der Waals surface area contributed by atoms with Crippen LogP contribution in [0.25, 0.3) is 11.2 Å². The average Bonchev–Trinajstić information content (AvgIpc) is 3.00. The van der Waals surface area contributed by atoms with Gasteiger partial charge in [0.05, 0.1) is 12.9 Å². The number of nitrogen functional groups attached to an aromatic ring is 1. The molecule has 2 aromatic heterocycles. The number of aromatic amines is 1. The highest BCUT2D eigenvalue weighted by Gasteiger charge is 2.70. The molecule has 0 spiro atoms. The van der Waals surface area contributed by atoms with Crippen molar-refractivity contribution in [3.63, 3.8) is 0 Å². The second-order valence-electron chi connectivity index (χ2n) is 5.25. The second kappa shape index (κ2) is 5.14. The highest BCUT2D eigenvalue weighted by molar-refractivity contribution is 5.70. The summed E-state index contributed by atoms with van der Waals surface area (Å²) in [6, 6.07) is 0.